The average Bonchev–Trinajstić information content (AvgIpc) is 2.37. The van der Waals surface area contributed by atoms with Crippen LogP contribution in [0.1, 0.15) is 52.4 Å². The van der Waals surface area contributed by atoms with Crippen molar-refractivity contribution < 1.29 is 14.7 Å². The largest absolute Gasteiger partial charge is 0.480 e. The van der Waals surface area contributed by atoms with E-state index in [1.807, 2.05) is 0 Å². The summed E-state index contributed by atoms with van der Waals surface area (Å²) in [6.07, 6.45) is 6.39. The second-order valence-corrected chi connectivity index (χ2v) is 5.90. The summed E-state index contributed by atoms with van der Waals surface area (Å²) in [5.74, 6) is -0.955. The van der Waals surface area contributed by atoms with Gasteiger partial charge in [0.1, 0.15) is 6.04 Å². The average molecular weight is 270 g/mol. The van der Waals surface area contributed by atoms with Gasteiger partial charge >= 0.3 is 12.0 Å². The fourth-order valence-corrected chi connectivity index (χ4v) is 2.75. The Morgan fingerprint density at radius 1 is 1.32 bits per heavy atom. The molecular weight excluding hydrogens is 244 g/mol. The highest BCUT2D eigenvalue weighted by Gasteiger charge is 2.29. The molecule has 5 nitrogen and oxygen atoms in total. The third kappa shape index (κ3) is 4.40. The molecule has 1 unspecified atom stereocenters. The third-order valence-electron chi connectivity index (χ3n) is 4.19. The van der Waals surface area contributed by atoms with E-state index in [4.69, 9.17) is 5.11 Å². The van der Waals surface area contributed by atoms with E-state index >= 15 is 0 Å². The lowest BCUT2D eigenvalue weighted by Crippen LogP contribution is -2.49. The summed E-state index contributed by atoms with van der Waals surface area (Å²) in [6.45, 7) is 4.60. The van der Waals surface area contributed by atoms with Crippen LogP contribution in [0.15, 0.2) is 0 Å². The first-order chi connectivity index (χ1) is 8.89. The maximum Gasteiger partial charge on any atom is 0.326 e. The molecule has 0 aromatic heterocycles. The maximum atomic E-state index is 12.0. The number of hydrogen-bond donors (Lipinski definition) is 2. The maximum absolute atomic E-state index is 12.0. The first-order valence-corrected chi connectivity index (χ1v) is 7.13. The molecule has 110 valence electrons. The van der Waals surface area contributed by atoms with Gasteiger partial charge in [0.2, 0.25) is 0 Å². The van der Waals surface area contributed by atoms with Crippen LogP contribution < -0.4 is 5.32 Å². The Balaban J connectivity index is 2.47. The minimum atomic E-state index is -0.955. The van der Waals surface area contributed by atoms with Crippen molar-refractivity contribution in [1.29, 1.82) is 0 Å². The second-order valence-electron chi connectivity index (χ2n) is 5.90. The zero-order valence-electron chi connectivity index (χ0n) is 12.2. The predicted molar refractivity (Wildman–Crippen MR) is 74.1 cm³/mol. The number of aliphatic carboxylic acids is 1. The van der Waals surface area contributed by atoms with Crippen molar-refractivity contribution in [1.82, 2.24) is 10.2 Å². The van der Waals surface area contributed by atoms with Crippen molar-refractivity contribution in [2.24, 2.45) is 5.41 Å². The lowest BCUT2D eigenvalue weighted by molar-refractivity contribution is -0.141. The normalized spacial score (nSPS) is 19.5. The molecule has 1 aliphatic rings. The van der Waals surface area contributed by atoms with Crippen molar-refractivity contribution in [2.75, 3.05) is 13.6 Å². The minimum absolute atomic E-state index is 0.166. The number of nitrogens with one attached hydrogen (secondary N) is 1. The number of likely N-dealkylation sites (N-methyl/N-ethyl adjacent to an activating group) is 1. The Morgan fingerprint density at radius 3 is 2.37 bits per heavy atom. The molecule has 0 bridgehead atoms. The Kier molecular flexibility index (Phi) is 5.63. The van der Waals surface area contributed by atoms with Gasteiger partial charge in [-0.3, -0.25) is 0 Å². The van der Waals surface area contributed by atoms with Crippen LogP contribution in [0.4, 0.5) is 4.79 Å². The SMILES string of the molecule is CCC(C(=O)O)N(C)C(=O)NCC1(C)CCCCC1. The summed E-state index contributed by atoms with van der Waals surface area (Å²) >= 11 is 0. The van der Waals surface area contributed by atoms with Crippen molar-refractivity contribution in [3.63, 3.8) is 0 Å². The van der Waals surface area contributed by atoms with Crippen LogP contribution in [0.3, 0.4) is 0 Å². The molecule has 0 saturated heterocycles. The molecular formula is C14H26N2O3. The lowest BCUT2D eigenvalue weighted by atomic mass is 9.76. The summed E-state index contributed by atoms with van der Waals surface area (Å²) in [5, 5.41) is 11.9. The van der Waals surface area contributed by atoms with Crippen molar-refractivity contribution in [3.05, 3.63) is 0 Å². The molecule has 1 saturated carbocycles. The number of amides is 2. The van der Waals surface area contributed by atoms with Crippen molar-refractivity contribution in [2.45, 2.75) is 58.4 Å². The van der Waals surface area contributed by atoms with Crippen LogP contribution in [0.2, 0.25) is 0 Å². The van der Waals surface area contributed by atoms with E-state index in [1.54, 1.807) is 14.0 Å². The van der Waals surface area contributed by atoms with E-state index in [0.717, 1.165) is 12.8 Å². The third-order valence-corrected chi connectivity index (χ3v) is 4.19. The molecule has 1 rings (SSSR count). The molecule has 0 aromatic rings. The summed E-state index contributed by atoms with van der Waals surface area (Å²) in [4.78, 5) is 24.3. The Bertz CT molecular complexity index is 325. The van der Waals surface area contributed by atoms with Crippen LogP contribution in [0.25, 0.3) is 0 Å². The number of rotatable bonds is 5. The summed E-state index contributed by atoms with van der Waals surface area (Å²) < 4.78 is 0. The zero-order valence-corrected chi connectivity index (χ0v) is 12.2. The minimum Gasteiger partial charge on any atom is -0.480 e. The van der Waals surface area contributed by atoms with Gasteiger partial charge in [-0.25, -0.2) is 9.59 Å². The number of carbonyl (C=O) groups is 2. The topological polar surface area (TPSA) is 69.6 Å². The van der Waals surface area contributed by atoms with Gasteiger partial charge in [-0.1, -0.05) is 33.1 Å². The van der Waals surface area contributed by atoms with Gasteiger partial charge in [0.25, 0.3) is 0 Å². The standard InChI is InChI=1S/C14H26N2O3/c1-4-11(12(17)18)16(3)13(19)15-10-14(2)8-6-5-7-9-14/h11H,4-10H2,1-3H3,(H,15,19)(H,17,18). The van der Waals surface area contributed by atoms with E-state index in [1.165, 1.54) is 24.2 Å². The first kappa shape index (κ1) is 15.8. The van der Waals surface area contributed by atoms with E-state index in [2.05, 4.69) is 12.2 Å². The van der Waals surface area contributed by atoms with Gasteiger partial charge in [0.05, 0.1) is 0 Å². The van der Waals surface area contributed by atoms with E-state index in [9.17, 15) is 9.59 Å². The fourth-order valence-electron chi connectivity index (χ4n) is 2.75. The highest BCUT2D eigenvalue weighted by Crippen LogP contribution is 2.34. The zero-order chi connectivity index (χ0) is 14.5. The van der Waals surface area contributed by atoms with Gasteiger partial charge in [-0.05, 0) is 24.7 Å². The number of carboxylic acids is 1. The Morgan fingerprint density at radius 2 is 1.89 bits per heavy atom. The van der Waals surface area contributed by atoms with Crippen molar-refractivity contribution in [3.8, 4) is 0 Å². The first-order valence-electron chi connectivity index (χ1n) is 7.13. The summed E-state index contributed by atoms with van der Waals surface area (Å²) in [7, 11) is 1.54. The molecule has 1 atom stereocenters. The molecule has 0 aromatic carbocycles. The molecule has 1 fully saturated rings. The molecule has 0 radical (unpaired) electrons. The molecule has 19 heavy (non-hydrogen) atoms. The number of urea groups is 1. The molecule has 0 spiro atoms. The molecule has 5 heteroatoms. The molecule has 2 N–H and O–H groups in total. The van der Waals surface area contributed by atoms with Crippen molar-refractivity contribution >= 4 is 12.0 Å². The number of carboxylic acid groups (broad SMARTS) is 1. The Hall–Kier alpha value is -1.26. The van der Waals surface area contributed by atoms with Crippen LogP contribution in [-0.4, -0.2) is 41.6 Å². The fraction of sp³-hybridized carbons (Fsp3) is 0.857. The van der Waals surface area contributed by atoms with Crippen LogP contribution in [-0.2, 0) is 4.79 Å². The van der Waals surface area contributed by atoms with E-state index in [-0.39, 0.29) is 11.4 Å². The van der Waals surface area contributed by atoms with Crippen LogP contribution in [0, 0.1) is 5.41 Å². The van der Waals surface area contributed by atoms with Crippen LogP contribution >= 0.6 is 0 Å². The second kappa shape index (κ2) is 6.78. The van der Waals surface area contributed by atoms with Gasteiger partial charge in [0, 0.05) is 13.6 Å². The van der Waals surface area contributed by atoms with Gasteiger partial charge in [-0.2, -0.15) is 0 Å². The molecule has 0 aliphatic heterocycles. The van der Waals surface area contributed by atoms with E-state index in [0.29, 0.717) is 13.0 Å². The van der Waals surface area contributed by atoms with Crippen LogP contribution in [0.5, 0.6) is 0 Å². The van der Waals surface area contributed by atoms with E-state index < -0.39 is 12.0 Å². The van der Waals surface area contributed by atoms with Gasteiger partial charge < -0.3 is 15.3 Å². The lowest BCUT2D eigenvalue weighted by Gasteiger charge is -2.34. The number of nitrogens with zero attached hydrogens (tertiary/aromatic N) is 1. The Labute approximate surface area is 115 Å². The monoisotopic (exact) mass is 270 g/mol. The smallest absolute Gasteiger partial charge is 0.326 e. The van der Waals surface area contributed by atoms with Gasteiger partial charge in [0.15, 0.2) is 0 Å². The highest BCUT2D eigenvalue weighted by molar-refractivity contribution is 5.82. The number of hydrogen-bond acceptors (Lipinski definition) is 2. The molecule has 2 amide bonds. The quantitative estimate of drug-likeness (QED) is 0.806. The molecule has 1 aliphatic carbocycles. The number of carbonyl (C=O) groups excluding carboxylic acids is 1. The summed E-state index contributed by atoms with van der Waals surface area (Å²) in [6, 6.07) is -1.04. The summed E-state index contributed by atoms with van der Waals surface area (Å²) in [5.41, 5.74) is 0.166. The highest BCUT2D eigenvalue weighted by atomic mass is 16.4. The molecule has 0 heterocycles. The van der Waals surface area contributed by atoms with Gasteiger partial charge in [-0.15, -0.1) is 0 Å². The predicted octanol–water partition coefficient (Wildman–Crippen LogP) is 2.46.